The molecule has 0 rings (SSSR count). The summed E-state index contributed by atoms with van der Waals surface area (Å²) in [7, 11) is 0. The van der Waals surface area contributed by atoms with Gasteiger partial charge in [0.2, 0.25) is 0 Å². The Kier molecular flexibility index (Phi) is 10.0. The molecule has 0 aliphatic heterocycles. The van der Waals surface area contributed by atoms with E-state index in [0.29, 0.717) is 6.61 Å². The van der Waals surface area contributed by atoms with Gasteiger partial charge < -0.3 is 0 Å². The zero-order valence-corrected chi connectivity index (χ0v) is 10.6. The van der Waals surface area contributed by atoms with Crippen molar-refractivity contribution in [2.24, 2.45) is 0 Å². The van der Waals surface area contributed by atoms with Crippen LogP contribution in [0.2, 0.25) is 0 Å². The Balaban J connectivity index is 2.86. The van der Waals surface area contributed by atoms with Crippen LogP contribution < -0.4 is 0 Å². The van der Waals surface area contributed by atoms with Crippen LogP contribution in [0.25, 0.3) is 0 Å². The Labute approximate surface area is 82.3 Å². The Morgan fingerprint density at radius 2 is 1.75 bits per heavy atom. The van der Waals surface area contributed by atoms with E-state index in [4.69, 9.17) is 3.44 Å². The van der Waals surface area contributed by atoms with Gasteiger partial charge in [-0.2, -0.15) is 0 Å². The fourth-order valence-electron chi connectivity index (χ4n) is 1.04. The monoisotopic (exact) mass is 282 g/mol. The molecule has 3 nitrogen and oxygen atoms in total. The van der Waals surface area contributed by atoms with E-state index in [1.807, 2.05) is 0 Å². The van der Waals surface area contributed by atoms with Gasteiger partial charge in [-0.1, -0.05) is 0 Å². The van der Waals surface area contributed by atoms with E-state index in [-0.39, 0.29) is 0 Å². The van der Waals surface area contributed by atoms with E-state index >= 15 is 0 Å². The molecule has 0 fully saturated rings. The number of hydrogen-bond acceptors (Lipinski definition) is 2. The molecule has 1 N–H and O–H groups in total. The van der Waals surface area contributed by atoms with Gasteiger partial charge in [0, 0.05) is 0 Å². The molecule has 12 heavy (non-hydrogen) atoms. The van der Waals surface area contributed by atoms with Gasteiger partial charge in [-0.05, 0) is 0 Å². The first-order valence-corrected chi connectivity index (χ1v) is 8.23. The minimum atomic E-state index is -3.46. The molecule has 0 aliphatic rings. The molecule has 0 aromatic carbocycles. The standard InChI is InChI=1S/C8H17O.H2O.O.Sn/c1-2-3-4-5-6-7-8-9;;;/h2-8H2,1H3;1H2;;/q-1;;;+2/p-1. The second-order valence-corrected chi connectivity index (χ2v) is 5.22. The number of unbranched alkanes of at least 4 members (excludes halogenated alkanes) is 5. The third-order valence-corrected chi connectivity index (χ3v) is 3.01. The summed E-state index contributed by atoms with van der Waals surface area (Å²) in [5.41, 5.74) is 0. The molecule has 0 amide bonds. The van der Waals surface area contributed by atoms with Crippen molar-refractivity contribution in [1.82, 2.24) is 0 Å². The van der Waals surface area contributed by atoms with E-state index in [1.165, 1.54) is 25.7 Å². The topological polar surface area (TPSA) is 46.5 Å². The first-order valence-electron chi connectivity index (χ1n) is 4.63. The van der Waals surface area contributed by atoms with Gasteiger partial charge in [-0.3, -0.25) is 0 Å². The zero-order valence-electron chi connectivity index (χ0n) is 7.71. The molecule has 0 aliphatic carbocycles. The van der Waals surface area contributed by atoms with Crippen LogP contribution in [0.3, 0.4) is 0 Å². The van der Waals surface area contributed by atoms with Crippen LogP contribution >= 0.6 is 0 Å². The predicted octanol–water partition coefficient (Wildman–Crippen LogP) is 1.77. The van der Waals surface area contributed by atoms with Gasteiger partial charge in [0.1, 0.15) is 0 Å². The molecule has 72 valence electrons. The van der Waals surface area contributed by atoms with E-state index < -0.39 is 20.6 Å². The summed E-state index contributed by atoms with van der Waals surface area (Å²) < 4.78 is 23.2. The zero-order chi connectivity index (χ0) is 9.23. The summed E-state index contributed by atoms with van der Waals surface area (Å²) in [6, 6.07) is 0. The molecule has 0 spiro atoms. The Morgan fingerprint density at radius 3 is 2.33 bits per heavy atom. The molecule has 0 atom stereocenters. The van der Waals surface area contributed by atoms with Crippen LogP contribution in [0.4, 0.5) is 0 Å². The molecule has 0 saturated heterocycles. The van der Waals surface area contributed by atoms with Crippen molar-refractivity contribution in [3.8, 4) is 0 Å². The van der Waals surface area contributed by atoms with Crippen molar-refractivity contribution < 1.29 is 9.59 Å². The maximum atomic E-state index is 10.2. The number of hydrogen-bond donors (Lipinski definition) is 1. The Hall–Kier alpha value is 0.519. The summed E-state index contributed by atoms with van der Waals surface area (Å²) in [5.74, 6) is 0. The molecule has 0 unspecified atom stereocenters. The van der Waals surface area contributed by atoms with Gasteiger partial charge in [-0.25, -0.2) is 0 Å². The second kappa shape index (κ2) is 9.61. The van der Waals surface area contributed by atoms with Crippen molar-refractivity contribution in [1.29, 1.82) is 0 Å². The van der Waals surface area contributed by atoms with Crippen molar-refractivity contribution >= 4 is 20.6 Å². The maximum absolute atomic E-state index is 10.2. The summed E-state index contributed by atoms with van der Waals surface area (Å²) in [4.78, 5) is 0. The molecule has 0 bridgehead atoms. The molecule has 4 heteroatoms. The third kappa shape index (κ3) is 10.5. The van der Waals surface area contributed by atoms with Gasteiger partial charge in [0.05, 0.1) is 0 Å². The second-order valence-electron chi connectivity index (χ2n) is 2.88. The molecule has 0 saturated carbocycles. The van der Waals surface area contributed by atoms with Crippen molar-refractivity contribution in [2.75, 3.05) is 6.61 Å². The summed E-state index contributed by atoms with van der Waals surface area (Å²) >= 11 is -3.46. The van der Waals surface area contributed by atoms with Crippen LogP contribution in [-0.4, -0.2) is 30.6 Å². The molecular formula is C8H18O3Sn. The quantitative estimate of drug-likeness (QED) is 0.545. The first-order chi connectivity index (χ1) is 5.77. The van der Waals surface area contributed by atoms with Crippen LogP contribution in [0.15, 0.2) is 0 Å². The van der Waals surface area contributed by atoms with Crippen LogP contribution in [0.5, 0.6) is 0 Å². The van der Waals surface area contributed by atoms with E-state index in [1.54, 1.807) is 0 Å². The predicted molar refractivity (Wildman–Crippen MR) is 48.0 cm³/mol. The Morgan fingerprint density at radius 1 is 1.17 bits per heavy atom. The fraction of sp³-hybridized carbons (Fsp3) is 1.00. The van der Waals surface area contributed by atoms with E-state index in [9.17, 15) is 3.08 Å². The summed E-state index contributed by atoms with van der Waals surface area (Å²) in [6.07, 6.45) is 7.10. The third-order valence-electron chi connectivity index (χ3n) is 1.72. The summed E-state index contributed by atoms with van der Waals surface area (Å²) in [5, 5.41) is 0. The molecule has 0 aromatic rings. The Bertz CT molecular complexity index is 117. The van der Waals surface area contributed by atoms with Gasteiger partial charge >= 0.3 is 82.2 Å². The van der Waals surface area contributed by atoms with Crippen LogP contribution in [-0.2, 0) is 6.15 Å². The normalized spacial score (nSPS) is 10.2. The molecule has 0 aromatic heterocycles. The summed E-state index contributed by atoms with van der Waals surface area (Å²) in [6.45, 7) is 2.66. The van der Waals surface area contributed by atoms with E-state index in [0.717, 1.165) is 12.8 Å². The van der Waals surface area contributed by atoms with Crippen molar-refractivity contribution in [2.45, 2.75) is 45.4 Å². The molecule has 0 radical (unpaired) electrons. The SMILES string of the molecule is CCCCCCCC[O][Sn](=[O])[OH]. The molecular weight excluding hydrogens is 263 g/mol. The fourth-order valence-corrected chi connectivity index (χ4v) is 1.95. The number of rotatable bonds is 8. The van der Waals surface area contributed by atoms with Gasteiger partial charge in [0.15, 0.2) is 0 Å². The van der Waals surface area contributed by atoms with Crippen molar-refractivity contribution in [3.63, 3.8) is 0 Å². The van der Waals surface area contributed by atoms with Crippen LogP contribution in [0, 0.1) is 0 Å². The first kappa shape index (κ1) is 12.5. The van der Waals surface area contributed by atoms with Crippen molar-refractivity contribution in [3.05, 3.63) is 0 Å². The van der Waals surface area contributed by atoms with Crippen LogP contribution in [0.1, 0.15) is 45.4 Å². The molecule has 0 heterocycles. The van der Waals surface area contributed by atoms with Gasteiger partial charge in [0.25, 0.3) is 0 Å². The average Bonchev–Trinajstić information content (AvgIpc) is 2.02. The van der Waals surface area contributed by atoms with E-state index in [2.05, 4.69) is 10.00 Å². The minimum absolute atomic E-state index is 0.473. The van der Waals surface area contributed by atoms with Gasteiger partial charge in [-0.15, -0.1) is 0 Å². The average molecular weight is 281 g/mol.